The van der Waals surface area contributed by atoms with E-state index in [0.717, 1.165) is 42.7 Å². The van der Waals surface area contributed by atoms with E-state index in [-0.39, 0.29) is 5.91 Å². The highest BCUT2D eigenvalue weighted by molar-refractivity contribution is 7.99. The van der Waals surface area contributed by atoms with Gasteiger partial charge in [-0.1, -0.05) is 11.8 Å². The van der Waals surface area contributed by atoms with Crippen molar-refractivity contribution in [1.29, 1.82) is 0 Å². The minimum atomic E-state index is 0.160. The largest absolute Gasteiger partial charge is 0.372 e. The monoisotopic (exact) mass is 401 g/mol. The van der Waals surface area contributed by atoms with E-state index in [1.807, 2.05) is 11.9 Å². The number of hydrogen-bond donors (Lipinski definition) is 0. The molecule has 1 aromatic heterocycles. The van der Waals surface area contributed by atoms with Crippen LogP contribution in [0.3, 0.4) is 0 Å². The quantitative estimate of drug-likeness (QED) is 0.567. The molecule has 0 unspecified atom stereocenters. The zero-order valence-corrected chi connectivity index (χ0v) is 18.2. The first-order chi connectivity index (χ1) is 13.6. The third kappa shape index (κ3) is 4.87. The van der Waals surface area contributed by atoms with E-state index in [4.69, 9.17) is 0 Å². The van der Waals surface area contributed by atoms with Gasteiger partial charge in [-0.2, -0.15) is 0 Å². The van der Waals surface area contributed by atoms with E-state index >= 15 is 0 Å². The normalized spacial score (nSPS) is 13.6. The van der Waals surface area contributed by atoms with Gasteiger partial charge < -0.3 is 14.4 Å². The second-order valence-electron chi connectivity index (χ2n) is 7.28. The summed E-state index contributed by atoms with van der Waals surface area (Å²) in [5.41, 5.74) is 2.27. The maximum absolute atomic E-state index is 12.4. The molecule has 1 amide bonds. The van der Waals surface area contributed by atoms with Crippen molar-refractivity contribution in [3.05, 3.63) is 24.3 Å². The molecule has 7 heteroatoms. The number of carbonyl (C=O) groups is 1. The molecule has 1 saturated carbocycles. The second-order valence-corrected chi connectivity index (χ2v) is 8.22. The molecule has 6 nitrogen and oxygen atoms in total. The Morgan fingerprint density at radius 3 is 2.39 bits per heavy atom. The first kappa shape index (κ1) is 20.7. The molecular formula is C21H31N5OS. The van der Waals surface area contributed by atoms with Gasteiger partial charge in [0.15, 0.2) is 11.0 Å². The lowest BCUT2D eigenvalue weighted by Gasteiger charge is -2.21. The minimum Gasteiger partial charge on any atom is -0.372 e. The molecular weight excluding hydrogens is 370 g/mol. The van der Waals surface area contributed by atoms with Crippen molar-refractivity contribution < 1.29 is 4.79 Å². The molecule has 1 heterocycles. The molecule has 1 aliphatic carbocycles. The Morgan fingerprint density at radius 1 is 1.14 bits per heavy atom. The fourth-order valence-electron chi connectivity index (χ4n) is 3.33. The van der Waals surface area contributed by atoms with Gasteiger partial charge in [0.05, 0.1) is 5.75 Å². The first-order valence-electron chi connectivity index (χ1n) is 10.2. The van der Waals surface area contributed by atoms with Gasteiger partial charge in [-0.15, -0.1) is 10.2 Å². The Kier molecular flexibility index (Phi) is 6.99. The molecule has 1 aliphatic rings. The summed E-state index contributed by atoms with van der Waals surface area (Å²) in [6.07, 6.45) is 2.51. The Balaban J connectivity index is 1.68. The summed E-state index contributed by atoms with van der Waals surface area (Å²) >= 11 is 1.48. The van der Waals surface area contributed by atoms with Crippen LogP contribution in [0.15, 0.2) is 29.4 Å². The van der Waals surface area contributed by atoms with Crippen molar-refractivity contribution in [1.82, 2.24) is 19.7 Å². The Bertz CT molecular complexity index is 781. The van der Waals surface area contributed by atoms with E-state index < -0.39 is 0 Å². The summed E-state index contributed by atoms with van der Waals surface area (Å²) in [5, 5.41) is 9.56. The van der Waals surface area contributed by atoms with Gasteiger partial charge >= 0.3 is 0 Å². The van der Waals surface area contributed by atoms with Gasteiger partial charge in [0.25, 0.3) is 0 Å². The fraction of sp³-hybridized carbons (Fsp3) is 0.571. The zero-order chi connectivity index (χ0) is 20.1. The molecule has 28 heavy (non-hydrogen) atoms. The van der Waals surface area contributed by atoms with E-state index in [1.165, 1.54) is 30.3 Å². The van der Waals surface area contributed by atoms with E-state index in [2.05, 4.69) is 64.7 Å². The van der Waals surface area contributed by atoms with Crippen molar-refractivity contribution >= 4 is 23.4 Å². The number of aromatic nitrogens is 3. The number of thioether (sulfide) groups is 1. The summed E-state index contributed by atoms with van der Waals surface area (Å²) < 4.78 is 2.09. The van der Waals surface area contributed by atoms with E-state index in [0.29, 0.717) is 11.7 Å². The van der Waals surface area contributed by atoms with Gasteiger partial charge in [-0.05, 0) is 63.8 Å². The smallest absolute Gasteiger partial charge is 0.232 e. The summed E-state index contributed by atoms with van der Waals surface area (Å²) in [6.45, 7) is 10.0. The lowest BCUT2D eigenvalue weighted by Crippen LogP contribution is -2.30. The number of carbonyl (C=O) groups excluding carboxylic acids is 1. The number of benzene rings is 1. The van der Waals surface area contributed by atoms with Crippen molar-refractivity contribution in [3.8, 4) is 11.4 Å². The van der Waals surface area contributed by atoms with Crippen molar-refractivity contribution in [2.45, 2.75) is 45.3 Å². The Morgan fingerprint density at radius 2 is 1.82 bits per heavy atom. The summed E-state index contributed by atoms with van der Waals surface area (Å²) in [7, 11) is 1.90. The van der Waals surface area contributed by atoms with Gasteiger partial charge in [0.2, 0.25) is 5.91 Å². The molecule has 0 atom stereocenters. The number of anilines is 1. The molecule has 0 N–H and O–H groups in total. The average Bonchev–Trinajstić information content (AvgIpc) is 3.43. The highest BCUT2D eigenvalue weighted by Gasteiger charge is 2.25. The van der Waals surface area contributed by atoms with Crippen LogP contribution in [-0.2, 0) is 11.3 Å². The standard InChI is InChI=1S/C21H31N5OS/c1-5-25(6-2)18-12-10-17(11-13-18)20-22-23-21(26(20)7-3)28-15-19(27)24(4)14-16-8-9-16/h10-13,16H,5-9,14-15H2,1-4H3. The number of hydrogen-bond acceptors (Lipinski definition) is 5. The van der Waals surface area contributed by atoms with Crippen LogP contribution in [0, 0.1) is 5.92 Å². The number of nitrogens with zero attached hydrogens (tertiary/aromatic N) is 5. The Labute approximate surface area is 172 Å². The molecule has 0 bridgehead atoms. The lowest BCUT2D eigenvalue weighted by atomic mass is 10.2. The maximum atomic E-state index is 12.4. The number of rotatable bonds is 10. The molecule has 0 radical (unpaired) electrons. The van der Waals surface area contributed by atoms with Gasteiger partial charge in [0.1, 0.15) is 0 Å². The molecule has 3 rings (SSSR count). The molecule has 0 spiro atoms. The van der Waals surface area contributed by atoms with E-state index in [1.54, 1.807) is 0 Å². The molecule has 0 aliphatic heterocycles. The van der Waals surface area contributed by atoms with Crippen LogP contribution in [0.4, 0.5) is 5.69 Å². The summed E-state index contributed by atoms with van der Waals surface area (Å²) in [4.78, 5) is 16.5. The molecule has 0 saturated heterocycles. The molecule has 152 valence electrons. The van der Waals surface area contributed by atoms with E-state index in [9.17, 15) is 4.79 Å². The number of amides is 1. The zero-order valence-electron chi connectivity index (χ0n) is 17.4. The Hall–Kier alpha value is -2.02. The third-order valence-electron chi connectivity index (χ3n) is 5.27. The highest BCUT2D eigenvalue weighted by Crippen LogP contribution is 2.30. The molecule has 1 aromatic carbocycles. The molecule has 1 fully saturated rings. The lowest BCUT2D eigenvalue weighted by molar-refractivity contribution is -0.127. The van der Waals surface area contributed by atoms with Crippen LogP contribution in [-0.4, -0.2) is 58.0 Å². The average molecular weight is 402 g/mol. The van der Waals surface area contributed by atoms with Crippen LogP contribution in [0.25, 0.3) is 11.4 Å². The summed E-state index contributed by atoms with van der Waals surface area (Å²) in [6, 6.07) is 8.49. The van der Waals surface area contributed by atoms with Gasteiger partial charge in [-0.25, -0.2) is 0 Å². The first-order valence-corrected chi connectivity index (χ1v) is 11.2. The summed E-state index contributed by atoms with van der Waals surface area (Å²) in [5.74, 6) is 2.13. The van der Waals surface area contributed by atoms with Crippen LogP contribution < -0.4 is 4.90 Å². The third-order valence-corrected chi connectivity index (χ3v) is 6.22. The maximum Gasteiger partial charge on any atom is 0.232 e. The molecule has 2 aromatic rings. The van der Waals surface area contributed by atoms with Crippen LogP contribution >= 0.6 is 11.8 Å². The van der Waals surface area contributed by atoms with Crippen molar-refractivity contribution in [3.63, 3.8) is 0 Å². The van der Waals surface area contributed by atoms with Crippen LogP contribution in [0.5, 0.6) is 0 Å². The topological polar surface area (TPSA) is 54.3 Å². The SMILES string of the molecule is CCN(CC)c1ccc(-c2nnc(SCC(=O)N(C)CC3CC3)n2CC)cc1. The highest BCUT2D eigenvalue weighted by atomic mass is 32.2. The van der Waals surface area contributed by atoms with Crippen LogP contribution in [0.1, 0.15) is 33.6 Å². The minimum absolute atomic E-state index is 0.160. The predicted molar refractivity (Wildman–Crippen MR) is 116 cm³/mol. The second kappa shape index (κ2) is 9.45. The van der Waals surface area contributed by atoms with Crippen molar-refractivity contribution in [2.75, 3.05) is 37.3 Å². The predicted octanol–water partition coefficient (Wildman–Crippen LogP) is 3.77. The van der Waals surface area contributed by atoms with Gasteiger partial charge in [0, 0.05) is 44.5 Å². The fourth-order valence-corrected chi connectivity index (χ4v) is 4.27. The van der Waals surface area contributed by atoms with Crippen molar-refractivity contribution in [2.24, 2.45) is 5.92 Å². The van der Waals surface area contributed by atoms with Gasteiger partial charge in [-0.3, -0.25) is 4.79 Å². The van der Waals surface area contributed by atoms with Crippen LogP contribution in [0.2, 0.25) is 0 Å².